The number of carbonyl (C=O) groups excluding carboxylic acids is 1. The lowest BCUT2D eigenvalue weighted by molar-refractivity contribution is -0.118. The third-order valence-electron chi connectivity index (χ3n) is 3.96. The molecule has 9 heteroatoms. The van der Waals surface area contributed by atoms with E-state index in [9.17, 15) is 10.0 Å². The number of aromatic nitrogens is 5. The minimum absolute atomic E-state index is 0.277. The summed E-state index contributed by atoms with van der Waals surface area (Å²) >= 11 is 0. The van der Waals surface area contributed by atoms with Crippen LogP contribution < -0.4 is 10.8 Å². The smallest absolute Gasteiger partial charge is 0.217 e. The van der Waals surface area contributed by atoms with Gasteiger partial charge in [-0.05, 0) is 25.0 Å². The van der Waals surface area contributed by atoms with Crippen molar-refractivity contribution < 1.29 is 10.0 Å². The van der Waals surface area contributed by atoms with Crippen LogP contribution in [0.15, 0.2) is 36.9 Å². The Balaban J connectivity index is 1.65. The van der Waals surface area contributed by atoms with Crippen molar-refractivity contribution in [1.82, 2.24) is 24.6 Å². The maximum Gasteiger partial charge on any atom is 0.217 e. The van der Waals surface area contributed by atoms with Gasteiger partial charge < -0.3 is 5.73 Å². The van der Waals surface area contributed by atoms with Crippen LogP contribution in [-0.2, 0) is 4.79 Å². The normalized spacial score (nSPS) is 11.0. The number of imidazole rings is 1. The zero-order valence-corrected chi connectivity index (χ0v) is 14.3. The lowest BCUT2D eigenvalue weighted by Crippen LogP contribution is -2.22. The van der Waals surface area contributed by atoms with Crippen LogP contribution in [0, 0.1) is 0 Å². The van der Waals surface area contributed by atoms with E-state index < -0.39 is 0 Å². The number of hydrogen-bond acceptors (Lipinski definition) is 7. The summed E-state index contributed by atoms with van der Waals surface area (Å²) in [5.74, 6) is 0.0805. The molecule has 3 N–H and O–H groups in total. The Labute approximate surface area is 150 Å². The summed E-state index contributed by atoms with van der Waals surface area (Å²) in [5.41, 5.74) is 6.95. The van der Waals surface area contributed by atoms with Gasteiger partial charge in [0.05, 0.1) is 0 Å². The molecular weight excluding hydrogens is 334 g/mol. The average Bonchev–Trinajstić information content (AvgIpc) is 3.12. The minimum atomic E-state index is -0.277. The van der Waals surface area contributed by atoms with Gasteiger partial charge in [-0.15, -0.1) is 0 Å². The van der Waals surface area contributed by atoms with Gasteiger partial charge in [-0.2, -0.15) is 5.10 Å². The van der Waals surface area contributed by atoms with Crippen LogP contribution in [0.5, 0.6) is 0 Å². The SMILES string of the molecule is NC(=O)CCCCCCN(O)c1nccnc1-c1ccc2nccn2n1. The molecule has 0 aliphatic carbocycles. The summed E-state index contributed by atoms with van der Waals surface area (Å²) in [6.45, 7) is 0.412. The first-order valence-electron chi connectivity index (χ1n) is 8.51. The van der Waals surface area contributed by atoms with Crippen molar-refractivity contribution in [3.8, 4) is 11.4 Å². The molecule has 0 radical (unpaired) electrons. The number of nitrogens with two attached hydrogens (primary N) is 1. The Bertz CT molecular complexity index is 880. The summed E-state index contributed by atoms with van der Waals surface area (Å²) in [5, 5.41) is 15.9. The third kappa shape index (κ3) is 4.31. The highest BCUT2D eigenvalue weighted by Crippen LogP contribution is 2.24. The molecule has 0 aliphatic heterocycles. The molecule has 9 nitrogen and oxygen atoms in total. The van der Waals surface area contributed by atoms with Gasteiger partial charge in [0.25, 0.3) is 0 Å². The largest absolute Gasteiger partial charge is 0.370 e. The van der Waals surface area contributed by atoms with Crippen molar-refractivity contribution in [2.75, 3.05) is 11.6 Å². The highest BCUT2D eigenvalue weighted by atomic mass is 16.5. The van der Waals surface area contributed by atoms with Gasteiger partial charge in [0.15, 0.2) is 11.5 Å². The van der Waals surface area contributed by atoms with Crippen molar-refractivity contribution >= 4 is 17.4 Å². The predicted molar refractivity (Wildman–Crippen MR) is 95.4 cm³/mol. The van der Waals surface area contributed by atoms with Crippen LogP contribution in [0.1, 0.15) is 32.1 Å². The zero-order valence-electron chi connectivity index (χ0n) is 14.3. The van der Waals surface area contributed by atoms with Gasteiger partial charge in [-0.25, -0.2) is 24.5 Å². The summed E-state index contributed by atoms with van der Waals surface area (Å²) in [7, 11) is 0. The average molecular weight is 355 g/mol. The number of amides is 1. The van der Waals surface area contributed by atoms with Gasteiger partial charge >= 0.3 is 0 Å². The molecule has 0 unspecified atom stereocenters. The number of unbranched alkanes of at least 4 members (excludes halogenated alkanes) is 3. The molecule has 0 saturated heterocycles. The number of rotatable bonds is 9. The Hall–Kier alpha value is -3.07. The molecule has 0 spiro atoms. The third-order valence-corrected chi connectivity index (χ3v) is 3.96. The van der Waals surface area contributed by atoms with E-state index in [-0.39, 0.29) is 5.91 Å². The topological polar surface area (TPSA) is 123 Å². The molecule has 136 valence electrons. The van der Waals surface area contributed by atoms with Crippen molar-refractivity contribution in [2.24, 2.45) is 5.73 Å². The molecule has 0 aliphatic rings. The molecule has 3 rings (SSSR count). The van der Waals surface area contributed by atoms with Gasteiger partial charge in [0, 0.05) is 37.8 Å². The number of fused-ring (bicyclic) bond motifs is 1. The standard InChI is InChI=1S/C17H21N7O2/c18-14(25)5-3-1-2-4-11-24(26)17-16(20-8-9-21-17)13-6-7-15-19-10-12-23(15)22-13/h6-10,12,26H,1-5,11H2,(H2,18,25). The predicted octanol–water partition coefficient (Wildman–Crippen LogP) is 1.82. The number of hydrogen-bond donors (Lipinski definition) is 2. The molecule has 0 saturated carbocycles. The summed E-state index contributed by atoms with van der Waals surface area (Å²) in [6, 6.07) is 3.63. The lowest BCUT2D eigenvalue weighted by Gasteiger charge is -2.17. The van der Waals surface area contributed by atoms with Gasteiger partial charge in [0.1, 0.15) is 11.4 Å². The fourth-order valence-corrected chi connectivity index (χ4v) is 2.66. The summed E-state index contributed by atoms with van der Waals surface area (Å²) < 4.78 is 1.65. The van der Waals surface area contributed by atoms with Crippen molar-refractivity contribution in [1.29, 1.82) is 0 Å². The van der Waals surface area contributed by atoms with Crippen molar-refractivity contribution in [2.45, 2.75) is 32.1 Å². The van der Waals surface area contributed by atoms with Crippen LogP contribution >= 0.6 is 0 Å². The molecule has 3 aromatic heterocycles. The Kier molecular flexibility index (Phi) is 5.69. The first kappa shape index (κ1) is 17.7. The maximum absolute atomic E-state index is 10.7. The van der Waals surface area contributed by atoms with E-state index in [0.717, 1.165) is 36.4 Å². The van der Waals surface area contributed by atoms with E-state index in [1.165, 1.54) is 6.20 Å². The molecule has 0 atom stereocenters. The molecule has 1 amide bonds. The second-order valence-electron chi connectivity index (χ2n) is 5.93. The van der Waals surface area contributed by atoms with Crippen molar-refractivity contribution in [3.63, 3.8) is 0 Å². The first-order chi connectivity index (χ1) is 12.6. The van der Waals surface area contributed by atoms with Crippen molar-refractivity contribution in [3.05, 3.63) is 36.9 Å². The molecule has 26 heavy (non-hydrogen) atoms. The Morgan fingerprint density at radius 3 is 2.73 bits per heavy atom. The molecule has 0 aromatic carbocycles. The van der Waals surface area contributed by atoms with E-state index in [2.05, 4.69) is 20.1 Å². The molecule has 3 heterocycles. The highest BCUT2D eigenvalue weighted by Gasteiger charge is 2.15. The second-order valence-corrected chi connectivity index (χ2v) is 5.93. The van der Waals surface area contributed by atoms with Gasteiger partial charge in [-0.1, -0.05) is 12.8 Å². The maximum atomic E-state index is 10.7. The van der Waals surface area contributed by atoms with Crippen LogP contribution in [-0.4, -0.2) is 42.2 Å². The van der Waals surface area contributed by atoms with E-state index in [0.29, 0.717) is 30.2 Å². The highest BCUT2D eigenvalue weighted by molar-refractivity contribution is 5.73. The molecule has 0 bridgehead atoms. The Morgan fingerprint density at radius 1 is 1.08 bits per heavy atom. The van der Waals surface area contributed by atoms with Crippen LogP contribution in [0.3, 0.4) is 0 Å². The van der Waals surface area contributed by atoms with E-state index in [1.807, 2.05) is 6.07 Å². The van der Waals surface area contributed by atoms with Crippen LogP contribution in [0.4, 0.5) is 5.82 Å². The summed E-state index contributed by atoms with van der Waals surface area (Å²) in [4.78, 5) is 23.4. The quantitative estimate of drug-likeness (QED) is 0.443. The zero-order chi connectivity index (χ0) is 18.4. The minimum Gasteiger partial charge on any atom is -0.370 e. The van der Waals surface area contributed by atoms with Gasteiger partial charge in [-0.3, -0.25) is 10.0 Å². The van der Waals surface area contributed by atoms with Crippen LogP contribution in [0.25, 0.3) is 17.0 Å². The molecule has 0 fully saturated rings. The summed E-state index contributed by atoms with van der Waals surface area (Å²) in [6.07, 6.45) is 10.2. The van der Waals surface area contributed by atoms with E-state index >= 15 is 0 Å². The fraction of sp³-hybridized carbons (Fsp3) is 0.353. The lowest BCUT2D eigenvalue weighted by atomic mass is 10.1. The fourth-order valence-electron chi connectivity index (χ4n) is 2.66. The number of primary amides is 1. The van der Waals surface area contributed by atoms with E-state index in [4.69, 9.17) is 5.73 Å². The number of anilines is 1. The second kappa shape index (κ2) is 8.34. The van der Waals surface area contributed by atoms with Gasteiger partial charge in [0.2, 0.25) is 5.91 Å². The molecule has 3 aromatic rings. The number of hydroxylamine groups is 1. The number of nitrogens with zero attached hydrogens (tertiary/aromatic N) is 6. The monoisotopic (exact) mass is 355 g/mol. The number of carbonyl (C=O) groups is 1. The Morgan fingerprint density at radius 2 is 1.88 bits per heavy atom. The van der Waals surface area contributed by atoms with E-state index in [1.54, 1.807) is 29.2 Å². The first-order valence-corrected chi connectivity index (χ1v) is 8.51. The van der Waals surface area contributed by atoms with Crippen LogP contribution in [0.2, 0.25) is 0 Å². The molecular formula is C17H21N7O2.